The monoisotopic (exact) mass is 396 g/mol. The summed E-state index contributed by atoms with van der Waals surface area (Å²) in [6.45, 7) is 4.54. The third kappa shape index (κ3) is 4.43. The Balaban J connectivity index is 1.62. The van der Waals surface area contributed by atoms with E-state index in [0.717, 1.165) is 36.9 Å². The van der Waals surface area contributed by atoms with Gasteiger partial charge in [-0.25, -0.2) is 4.39 Å². The lowest BCUT2D eigenvalue weighted by atomic mass is 9.99. The molecule has 2 aromatic carbocycles. The first-order chi connectivity index (χ1) is 14.1. The molecular formula is C23H25FN2O3. The summed E-state index contributed by atoms with van der Waals surface area (Å²) in [6.07, 6.45) is 3.86. The van der Waals surface area contributed by atoms with Crippen LogP contribution >= 0.6 is 0 Å². The van der Waals surface area contributed by atoms with Crippen molar-refractivity contribution in [3.63, 3.8) is 0 Å². The molecule has 5 nitrogen and oxygen atoms in total. The Morgan fingerprint density at radius 3 is 2.62 bits per heavy atom. The molecule has 0 radical (unpaired) electrons. The van der Waals surface area contributed by atoms with Crippen LogP contribution in [0.2, 0.25) is 0 Å². The second kappa shape index (κ2) is 8.66. The number of pyridine rings is 1. The number of piperidine rings is 1. The normalized spacial score (nSPS) is 14.7. The summed E-state index contributed by atoms with van der Waals surface area (Å²) in [7, 11) is 1.61. The fraction of sp³-hybridized carbons (Fsp3) is 0.348. The average Bonchev–Trinajstić information content (AvgIpc) is 2.74. The SMILES string of the molecule is COc1cc2c(Oc3ccc(C)cc3F)ccnc2cc1OCC1CCNCC1. The topological polar surface area (TPSA) is 52.6 Å². The van der Waals surface area contributed by atoms with Gasteiger partial charge in [0, 0.05) is 17.6 Å². The number of benzene rings is 2. The number of fused-ring (bicyclic) bond motifs is 1. The molecule has 1 aliphatic rings. The highest BCUT2D eigenvalue weighted by Crippen LogP contribution is 2.38. The van der Waals surface area contributed by atoms with Gasteiger partial charge in [0.1, 0.15) is 5.75 Å². The van der Waals surface area contributed by atoms with Crippen molar-refractivity contribution in [2.45, 2.75) is 19.8 Å². The molecule has 152 valence electrons. The van der Waals surface area contributed by atoms with Gasteiger partial charge in [0.25, 0.3) is 0 Å². The zero-order chi connectivity index (χ0) is 20.2. The minimum absolute atomic E-state index is 0.174. The Hall–Kier alpha value is -2.86. The van der Waals surface area contributed by atoms with Gasteiger partial charge >= 0.3 is 0 Å². The number of hydrogen-bond acceptors (Lipinski definition) is 5. The molecule has 1 N–H and O–H groups in total. The standard InChI is InChI=1S/C23H25FN2O3/c1-15-3-4-21(18(24)11-15)29-20-7-10-26-19-13-23(22(27-2)12-17(19)20)28-14-16-5-8-25-9-6-16/h3-4,7,10-13,16,25H,5-6,8-9,14H2,1-2H3. The van der Waals surface area contributed by atoms with Crippen molar-refractivity contribution in [2.24, 2.45) is 5.92 Å². The quantitative estimate of drug-likeness (QED) is 0.645. The van der Waals surface area contributed by atoms with Gasteiger partial charge in [-0.3, -0.25) is 4.98 Å². The predicted octanol–water partition coefficient (Wildman–Crippen LogP) is 4.86. The fourth-order valence-corrected chi connectivity index (χ4v) is 3.55. The maximum Gasteiger partial charge on any atom is 0.165 e. The van der Waals surface area contributed by atoms with Crippen molar-refractivity contribution in [1.82, 2.24) is 10.3 Å². The van der Waals surface area contributed by atoms with E-state index in [1.807, 2.05) is 25.1 Å². The summed E-state index contributed by atoms with van der Waals surface area (Å²) in [4.78, 5) is 4.43. The Labute approximate surface area is 169 Å². The maximum atomic E-state index is 14.2. The van der Waals surface area contributed by atoms with Crippen LogP contribution in [0.3, 0.4) is 0 Å². The Morgan fingerprint density at radius 2 is 1.86 bits per heavy atom. The molecule has 1 saturated heterocycles. The molecule has 0 amide bonds. The van der Waals surface area contributed by atoms with Gasteiger partial charge in [0.15, 0.2) is 23.1 Å². The molecule has 0 saturated carbocycles. The molecule has 1 aliphatic heterocycles. The predicted molar refractivity (Wildman–Crippen MR) is 111 cm³/mol. The lowest BCUT2D eigenvalue weighted by molar-refractivity contribution is 0.208. The molecule has 0 spiro atoms. The van der Waals surface area contributed by atoms with Crippen molar-refractivity contribution < 1.29 is 18.6 Å². The third-order valence-electron chi connectivity index (χ3n) is 5.23. The van der Waals surface area contributed by atoms with Crippen molar-refractivity contribution in [3.05, 3.63) is 54.0 Å². The molecule has 0 unspecified atom stereocenters. The number of rotatable bonds is 6. The Kier molecular flexibility index (Phi) is 5.81. The first-order valence-corrected chi connectivity index (χ1v) is 9.88. The van der Waals surface area contributed by atoms with Gasteiger partial charge in [0.2, 0.25) is 0 Å². The van der Waals surface area contributed by atoms with Crippen LogP contribution in [0.5, 0.6) is 23.0 Å². The van der Waals surface area contributed by atoms with Gasteiger partial charge in [-0.2, -0.15) is 0 Å². The molecule has 4 rings (SSSR count). The minimum atomic E-state index is -0.399. The largest absolute Gasteiger partial charge is 0.493 e. The molecule has 3 aromatic rings. The zero-order valence-corrected chi connectivity index (χ0v) is 16.7. The van der Waals surface area contributed by atoms with Gasteiger partial charge in [-0.05, 0) is 68.6 Å². The molecule has 1 fully saturated rings. The van der Waals surface area contributed by atoms with Crippen LogP contribution in [0.15, 0.2) is 42.6 Å². The summed E-state index contributed by atoms with van der Waals surface area (Å²) in [5, 5.41) is 4.10. The van der Waals surface area contributed by atoms with E-state index in [2.05, 4.69) is 10.3 Å². The lowest BCUT2D eigenvalue weighted by Gasteiger charge is -2.23. The zero-order valence-electron chi connectivity index (χ0n) is 16.7. The van der Waals surface area contributed by atoms with Gasteiger partial charge in [0.05, 0.1) is 19.2 Å². The van der Waals surface area contributed by atoms with Gasteiger partial charge in [-0.15, -0.1) is 0 Å². The average molecular weight is 396 g/mol. The van der Waals surface area contributed by atoms with Crippen LogP contribution in [0.25, 0.3) is 10.9 Å². The number of nitrogens with one attached hydrogen (secondary N) is 1. The number of methoxy groups -OCH3 is 1. The second-order valence-electron chi connectivity index (χ2n) is 7.37. The first kappa shape index (κ1) is 19.5. The van der Waals surface area contributed by atoms with Crippen LogP contribution < -0.4 is 19.5 Å². The van der Waals surface area contributed by atoms with E-state index in [4.69, 9.17) is 14.2 Å². The summed E-state index contributed by atoms with van der Waals surface area (Å²) in [5.74, 6) is 2.08. The molecule has 0 aliphatic carbocycles. The Morgan fingerprint density at radius 1 is 1.03 bits per heavy atom. The van der Waals surface area contributed by atoms with E-state index < -0.39 is 5.82 Å². The molecule has 29 heavy (non-hydrogen) atoms. The maximum absolute atomic E-state index is 14.2. The molecule has 6 heteroatoms. The smallest absolute Gasteiger partial charge is 0.165 e. The van der Waals surface area contributed by atoms with Crippen molar-refractivity contribution in [1.29, 1.82) is 0 Å². The van der Waals surface area contributed by atoms with E-state index in [1.54, 1.807) is 25.4 Å². The number of ether oxygens (including phenoxy) is 3. The van der Waals surface area contributed by atoms with Gasteiger partial charge < -0.3 is 19.5 Å². The minimum Gasteiger partial charge on any atom is -0.493 e. The highest BCUT2D eigenvalue weighted by atomic mass is 19.1. The molecule has 0 bridgehead atoms. The summed E-state index contributed by atoms with van der Waals surface area (Å²) >= 11 is 0. The highest BCUT2D eigenvalue weighted by Gasteiger charge is 2.17. The van der Waals surface area contributed by atoms with E-state index in [0.29, 0.717) is 35.3 Å². The van der Waals surface area contributed by atoms with E-state index in [9.17, 15) is 4.39 Å². The van der Waals surface area contributed by atoms with Crippen LogP contribution in [-0.2, 0) is 0 Å². The van der Waals surface area contributed by atoms with Crippen molar-refractivity contribution in [2.75, 3.05) is 26.8 Å². The number of aromatic nitrogens is 1. The fourth-order valence-electron chi connectivity index (χ4n) is 3.55. The van der Waals surface area contributed by atoms with E-state index in [1.165, 1.54) is 6.07 Å². The van der Waals surface area contributed by atoms with E-state index >= 15 is 0 Å². The molecule has 1 aromatic heterocycles. The highest BCUT2D eigenvalue weighted by molar-refractivity contribution is 5.88. The van der Waals surface area contributed by atoms with Crippen LogP contribution in [0.4, 0.5) is 4.39 Å². The number of aryl methyl sites for hydroxylation is 1. The molecule has 2 heterocycles. The van der Waals surface area contributed by atoms with Crippen molar-refractivity contribution >= 4 is 10.9 Å². The molecule has 0 atom stereocenters. The van der Waals surface area contributed by atoms with Crippen LogP contribution in [0.1, 0.15) is 18.4 Å². The first-order valence-electron chi connectivity index (χ1n) is 9.88. The number of halogens is 1. The molecular weight excluding hydrogens is 371 g/mol. The van der Waals surface area contributed by atoms with Crippen molar-refractivity contribution in [3.8, 4) is 23.0 Å². The van der Waals surface area contributed by atoms with E-state index in [-0.39, 0.29) is 5.75 Å². The Bertz CT molecular complexity index is 1000. The summed E-state index contributed by atoms with van der Waals surface area (Å²) < 4.78 is 31.7. The van der Waals surface area contributed by atoms with Crippen LogP contribution in [0, 0.1) is 18.7 Å². The second-order valence-corrected chi connectivity index (χ2v) is 7.37. The lowest BCUT2D eigenvalue weighted by Crippen LogP contribution is -2.30. The third-order valence-corrected chi connectivity index (χ3v) is 5.23. The number of nitrogens with zero attached hydrogens (tertiary/aromatic N) is 1. The summed E-state index contributed by atoms with van der Waals surface area (Å²) in [5.41, 5.74) is 1.54. The summed E-state index contributed by atoms with van der Waals surface area (Å²) in [6, 6.07) is 10.3. The van der Waals surface area contributed by atoms with Gasteiger partial charge in [-0.1, -0.05) is 6.07 Å². The number of hydrogen-bond donors (Lipinski definition) is 1. The van der Waals surface area contributed by atoms with Crippen LogP contribution in [-0.4, -0.2) is 31.8 Å².